The fraction of sp³-hybridized carbons (Fsp3) is 0.750. The molecule has 7 nitrogen and oxygen atoms in total. The van der Waals surface area contributed by atoms with Gasteiger partial charge in [-0.15, -0.1) is 0 Å². The summed E-state index contributed by atoms with van der Waals surface area (Å²) >= 11 is 0. The van der Waals surface area contributed by atoms with Gasteiger partial charge in [0.1, 0.15) is 5.60 Å². The molecule has 0 aromatic carbocycles. The maximum Gasteiger partial charge on any atom is 0.410 e. The second-order valence-electron chi connectivity index (χ2n) is 8.71. The van der Waals surface area contributed by atoms with E-state index in [1.54, 1.807) is 9.58 Å². The van der Waals surface area contributed by atoms with Crippen LogP contribution in [0.15, 0.2) is 0 Å². The summed E-state index contributed by atoms with van der Waals surface area (Å²) in [5.41, 5.74) is 1.87. The Morgan fingerprint density at radius 2 is 1.81 bits per heavy atom. The molecule has 1 saturated carbocycles. The molecule has 1 aromatic rings. The number of rotatable bonds is 2. The first-order chi connectivity index (χ1) is 12.7. The topological polar surface area (TPSA) is 76.5 Å². The number of carbonyl (C=O) groups excluding carboxylic acids is 2. The Labute approximate surface area is 161 Å². The van der Waals surface area contributed by atoms with Crippen molar-refractivity contribution in [2.24, 2.45) is 7.05 Å². The lowest BCUT2D eigenvalue weighted by Crippen LogP contribution is -2.40. The zero-order chi connectivity index (χ0) is 19.6. The van der Waals surface area contributed by atoms with Crippen LogP contribution < -0.4 is 5.32 Å². The second-order valence-corrected chi connectivity index (χ2v) is 8.71. The van der Waals surface area contributed by atoms with Crippen molar-refractivity contribution < 1.29 is 14.3 Å². The van der Waals surface area contributed by atoms with E-state index in [1.165, 1.54) is 25.7 Å². The predicted molar refractivity (Wildman–Crippen MR) is 103 cm³/mol. The van der Waals surface area contributed by atoms with E-state index in [2.05, 4.69) is 10.4 Å². The van der Waals surface area contributed by atoms with Crippen molar-refractivity contribution in [3.8, 4) is 0 Å². The highest BCUT2D eigenvalue weighted by Gasteiger charge is 2.31. The van der Waals surface area contributed by atoms with E-state index in [-0.39, 0.29) is 18.0 Å². The maximum absolute atomic E-state index is 12.8. The number of aromatic nitrogens is 2. The third-order valence-corrected chi connectivity index (χ3v) is 5.30. The van der Waals surface area contributed by atoms with E-state index < -0.39 is 5.60 Å². The first-order valence-electron chi connectivity index (χ1n) is 10.1. The Morgan fingerprint density at radius 3 is 2.44 bits per heavy atom. The van der Waals surface area contributed by atoms with E-state index >= 15 is 0 Å². The van der Waals surface area contributed by atoms with Gasteiger partial charge in [0, 0.05) is 25.2 Å². The molecule has 0 unspecified atom stereocenters. The molecule has 0 atom stereocenters. The van der Waals surface area contributed by atoms with Gasteiger partial charge < -0.3 is 15.0 Å². The van der Waals surface area contributed by atoms with Gasteiger partial charge in [-0.2, -0.15) is 5.10 Å². The monoisotopic (exact) mass is 376 g/mol. The molecule has 7 heteroatoms. The first-order valence-corrected chi connectivity index (χ1v) is 10.1. The lowest BCUT2D eigenvalue weighted by molar-refractivity contribution is 0.0219. The van der Waals surface area contributed by atoms with E-state index in [4.69, 9.17) is 4.74 Å². The Kier molecular flexibility index (Phi) is 5.77. The second kappa shape index (κ2) is 7.90. The van der Waals surface area contributed by atoms with Crippen molar-refractivity contribution in [3.63, 3.8) is 0 Å². The van der Waals surface area contributed by atoms with Gasteiger partial charge in [-0.3, -0.25) is 9.48 Å². The SMILES string of the molecule is Cn1nc(C(=O)NC2CCCCCC2)c2c1CN(C(=O)OC(C)(C)C)CC2. The number of nitrogens with one attached hydrogen (secondary N) is 1. The highest BCUT2D eigenvalue weighted by molar-refractivity contribution is 5.94. The normalized spacial score (nSPS) is 18.6. The molecule has 0 saturated heterocycles. The van der Waals surface area contributed by atoms with Crippen molar-refractivity contribution in [2.75, 3.05) is 6.54 Å². The number of ether oxygens (including phenoxy) is 1. The summed E-state index contributed by atoms with van der Waals surface area (Å²) in [6, 6.07) is 0.250. The summed E-state index contributed by atoms with van der Waals surface area (Å²) in [4.78, 5) is 26.9. The summed E-state index contributed by atoms with van der Waals surface area (Å²) in [5.74, 6) is -0.0792. The third kappa shape index (κ3) is 4.82. The summed E-state index contributed by atoms with van der Waals surface area (Å²) in [6.07, 6.45) is 7.26. The maximum atomic E-state index is 12.8. The molecule has 0 bridgehead atoms. The number of nitrogens with zero attached hydrogens (tertiary/aromatic N) is 3. The zero-order valence-corrected chi connectivity index (χ0v) is 17.0. The van der Waals surface area contributed by atoms with Crippen molar-refractivity contribution in [3.05, 3.63) is 17.0 Å². The molecule has 1 aliphatic heterocycles. The molecule has 1 aliphatic carbocycles. The molecule has 1 fully saturated rings. The fourth-order valence-corrected chi connectivity index (χ4v) is 3.91. The zero-order valence-electron chi connectivity index (χ0n) is 17.0. The highest BCUT2D eigenvalue weighted by atomic mass is 16.6. The average Bonchev–Trinajstić information content (AvgIpc) is 2.75. The third-order valence-electron chi connectivity index (χ3n) is 5.30. The van der Waals surface area contributed by atoms with E-state index in [0.29, 0.717) is 25.2 Å². The summed E-state index contributed by atoms with van der Waals surface area (Å²) < 4.78 is 7.21. The standard InChI is InChI=1S/C20H32N4O3/c1-20(2,3)27-19(26)24-12-11-15-16(13-24)23(4)22-17(15)18(25)21-14-9-7-5-6-8-10-14/h14H,5-13H2,1-4H3,(H,21,25). The van der Waals surface area contributed by atoms with Gasteiger partial charge >= 0.3 is 6.09 Å². The smallest absolute Gasteiger partial charge is 0.410 e. The number of carbonyl (C=O) groups is 2. The number of fused-ring (bicyclic) bond motifs is 1. The largest absolute Gasteiger partial charge is 0.444 e. The molecule has 1 aromatic heterocycles. The fourth-order valence-electron chi connectivity index (χ4n) is 3.91. The molecule has 27 heavy (non-hydrogen) atoms. The number of hydrogen-bond acceptors (Lipinski definition) is 4. The van der Waals surface area contributed by atoms with Crippen LogP contribution in [0.5, 0.6) is 0 Å². The van der Waals surface area contributed by atoms with Gasteiger partial charge in [0.05, 0.1) is 12.2 Å². The summed E-state index contributed by atoms with van der Waals surface area (Å²) in [7, 11) is 1.83. The Balaban J connectivity index is 1.70. The highest BCUT2D eigenvalue weighted by Crippen LogP contribution is 2.24. The van der Waals surface area contributed by atoms with E-state index in [1.807, 2.05) is 27.8 Å². The van der Waals surface area contributed by atoms with Gasteiger partial charge in [-0.05, 0) is 40.0 Å². The summed E-state index contributed by atoms with van der Waals surface area (Å²) in [5, 5.41) is 7.66. The van der Waals surface area contributed by atoms with Gasteiger partial charge in [-0.1, -0.05) is 25.7 Å². The molecular weight excluding hydrogens is 344 g/mol. The Bertz CT molecular complexity index is 697. The van der Waals surface area contributed by atoms with Crippen molar-refractivity contribution in [1.29, 1.82) is 0 Å². The molecule has 150 valence electrons. The Morgan fingerprint density at radius 1 is 1.15 bits per heavy atom. The van der Waals surface area contributed by atoms with Gasteiger partial charge in [-0.25, -0.2) is 4.79 Å². The lowest BCUT2D eigenvalue weighted by atomic mass is 10.0. The van der Waals surface area contributed by atoms with Crippen LogP contribution in [0.25, 0.3) is 0 Å². The average molecular weight is 377 g/mol. The van der Waals surface area contributed by atoms with Crippen LogP contribution in [0.2, 0.25) is 0 Å². The van der Waals surface area contributed by atoms with Gasteiger partial charge in [0.25, 0.3) is 5.91 Å². The molecule has 2 amide bonds. The quantitative estimate of drug-likeness (QED) is 0.805. The van der Waals surface area contributed by atoms with Crippen LogP contribution >= 0.6 is 0 Å². The van der Waals surface area contributed by atoms with Gasteiger partial charge in [0.15, 0.2) is 5.69 Å². The van der Waals surface area contributed by atoms with E-state index in [0.717, 1.165) is 24.1 Å². The number of hydrogen-bond donors (Lipinski definition) is 1. The van der Waals surface area contributed by atoms with E-state index in [9.17, 15) is 9.59 Å². The molecule has 0 spiro atoms. The molecule has 2 heterocycles. The minimum absolute atomic E-state index is 0.0792. The van der Waals surface area contributed by atoms with Crippen molar-refractivity contribution in [1.82, 2.24) is 20.0 Å². The lowest BCUT2D eigenvalue weighted by Gasteiger charge is -2.30. The van der Waals surface area contributed by atoms with Crippen molar-refractivity contribution in [2.45, 2.75) is 83.9 Å². The van der Waals surface area contributed by atoms with Crippen LogP contribution in [0.4, 0.5) is 4.79 Å². The molecule has 2 aliphatic rings. The van der Waals surface area contributed by atoms with Crippen molar-refractivity contribution >= 4 is 12.0 Å². The summed E-state index contributed by atoms with van der Waals surface area (Å²) in [6.45, 7) is 6.54. The molecule has 3 rings (SSSR count). The Hall–Kier alpha value is -2.05. The van der Waals surface area contributed by atoms with Crippen LogP contribution in [0.1, 0.15) is 81.0 Å². The van der Waals surface area contributed by atoms with Crippen LogP contribution in [-0.2, 0) is 24.8 Å². The number of amides is 2. The van der Waals surface area contributed by atoms with Gasteiger partial charge in [0.2, 0.25) is 0 Å². The minimum atomic E-state index is -0.520. The van der Waals surface area contributed by atoms with Crippen LogP contribution in [-0.4, -0.2) is 44.9 Å². The predicted octanol–water partition coefficient (Wildman–Crippen LogP) is 3.17. The van der Waals surface area contributed by atoms with Crippen LogP contribution in [0.3, 0.4) is 0 Å². The first kappa shape index (κ1) is 19.7. The molecule has 1 N–H and O–H groups in total. The number of aryl methyl sites for hydroxylation is 1. The minimum Gasteiger partial charge on any atom is -0.444 e. The molecule has 0 radical (unpaired) electrons. The molecular formula is C20H32N4O3. The van der Waals surface area contributed by atoms with Crippen LogP contribution in [0, 0.1) is 0 Å².